The third kappa shape index (κ3) is 6.63. The average molecular weight is 488 g/mol. The van der Waals surface area contributed by atoms with E-state index in [-0.39, 0.29) is 17.4 Å². The zero-order valence-corrected chi connectivity index (χ0v) is 19.3. The average Bonchev–Trinajstić information content (AvgIpc) is 2.80. The highest BCUT2D eigenvalue weighted by Crippen LogP contribution is 2.33. The lowest BCUT2D eigenvalue weighted by Gasteiger charge is -2.14. The second kappa shape index (κ2) is 11.4. The van der Waals surface area contributed by atoms with Crippen LogP contribution in [0.4, 0.5) is 21.6 Å². The fourth-order valence-corrected chi connectivity index (χ4v) is 3.23. The van der Waals surface area contributed by atoms with Crippen molar-refractivity contribution in [1.82, 2.24) is 14.9 Å². The summed E-state index contributed by atoms with van der Waals surface area (Å²) in [4.78, 5) is 33.4. The Labute approximate surface area is 200 Å². The molecule has 0 radical (unpaired) electrons. The lowest BCUT2D eigenvalue weighted by atomic mass is 10.1. The Morgan fingerprint density at radius 2 is 2.06 bits per heavy atom. The molecule has 0 aliphatic carbocycles. The number of likely N-dealkylation sites (N-methyl/N-ethyl adjacent to an activating group) is 1. The van der Waals surface area contributed by atoms with Crippen molar-refractivity contribution < 1.29 is 23.8 Å². The van der Waals surface area contributed by atoms with Crippen molar-refractivity contribution in [2.75, 3.05) is 37.9 Å². The Bertz CT molecular complexity index is 1240. The predicted octanol–water partition coefficient (Wildman–Crippen LogP) is 4.08. The minimum absolute atomic E-state index is 0.0212. The van der Waals surface area contributed by atoms with Gasteiger partial charge in [0.15, 0.2) is 0 Å². The molecule has 2 aromatic carbocycles. The van der Waals surface area contributed by atoms with Gasteiger partial charge in [0.1, 0.15) is 23.7 Å². The number of hydrogen-bond donors (Lipinski definition) is 3. The molecule has 0 spiro atoms. The molecule has 0 atom stereocenters. The smallest absolute Gasteiger partial charge is 0.304 e. The standard InChI is InChI=1S/C23H23ClFN5O4/c1-30(9-7-22(32)33)8-3-4-21(31)29-19-11-15-18(12-20(19)34-2)26-13-27-23(15)28-14-5-6-17(25)16(24)10-14/h3-6,10-13H,7-9H2,1-2H3,(H,29,31)(H,32,33)(H,26,27,28)/b4-3+. The van der Waals surface area contributed by atoms with Crippen LogP contribution >= 0.6 is 11.6 Å². The van der Waals surface area contributed by atoms with Crippen LogP contribution in [-0.4, -0.2) is 59.1 Å². The van der Waals surface area contributed by atoms with E-state index < -0.39 is 11.8 Å². The second-order valence-corrected chi connectivity index (χ2v) is 7.75. The first-order valence-electron chi connectivity index (χ1n) is 10.2. The van der Waals surface area contributed by atoms with Gasteiger partial charge >= 0.3 is 5.97 Å². The van der Waals surface area contributed by atoms with Gasteiger partial charge in [-0.2, -0.15) is 0 Å². The van der Waals surface area contributed by atoms with Gasteiger partial charge in [0.2, 0.25) is 5.91 Å². The van der Waals surface area contributed by atoms with E-state index in [0.29, 0.717) is 46.9 Å². The molecule has 0 saturated heterocycles. The third-order valence-electron chi connectivity index (χ3n) is 4.79. The van der Waals surface area contributed by atoms with Gasteiger partial charge in [-0.3, -0.25) is 9.59 Å². The molecule has 1 amide bonds. The van der Waals surface area contributed by atoms with E-state index in [1.165, 1.54) is 37.7 Å². The lowest BCUT2D eigenvalue weighted by Crippen LogP contribution is -2.22. The van der Waals surface area contributed by atoms with Gasteiger partial charge in [-0.05, 0) is 31.3 Å². The number of rotatable bonds is 10. The van der Waals surface area contributed by atoms with Gasteiger partial charge in [0, 0.05) is 36.3 Å². The molecule has 0 saturated carbocycles. The number of ether oxygens (including phenoxy) is 1. The molecule has 0 unspecified atom stereocenters. The Balaban J connectivity index is 1.79. The van der Waals surface area contributed by atoms with Gasteiger partial charge < -0.3 is 25.4 Å². The van der Waals surface area contributed by atoms with E-state index in [9.17, 15) is 14.0 Å². The lowest BCUT2D eigenvalue weighted by molar-refractivity contribution is -0.137. The first-order valence-corrected chi connectivity index (χ1v) is 10.6. The number of carboxylic acids is 1. The topological polar surface area (TPSA) is 117 Å². The largest absolute Gasteiger partial charge is 0.494 e. The van der Waals surface area contributed by atoms with E-state index in [2.05, 4.69) is 20.6 Å². The van der Waals surface area contributed by atoms with Crippen LogP contribution in [0.25, 0.3) is 10.9 Å². The summed E-state index contributed by atoms with van der Waals surface area (Å²) in [6.07, 6.45) is 4.39. The summed E-state index contributed by atoms with van der Waals surface area (Å²) in [5, 5.41) is 15.2. The summed E-state index contributed by atoms with van der Waals surface area (Å²) in [6, 6.07) is 7.55. The summed E-state index contributed by atoms with van der Waals surface area (Å²) in [7, 11) is 3.24. The number of aliphatic carboxylic acids is 1. The third-order valence-corrected chi connectivity index (χ3v) is 5.08. The van der Waals surface area contributed by atoms with Crippen LogP contribution in [0.2, 0.25) is 5.02 Å². The number of hydrogen-bond acceptors (Lipinski definition) is 7. The maximum Gasteiger partial charge on any atom is 0.304 e. The Hall–Kier alpha value is -3.76. The maximum absolute atomic E-state index is 13.5. The maximum atomic E-state index is 13.5. The van der Waals surface area contributed by atoms with Gasteiger partial charge in [-0.15, -0.1) is 0 Å². The van der Waals surface area contributed by atoms with Crippen molar-refractivity contribution in [3.63, 3.8) is 0 Å². The number of carboxylic acid groups (broad SMARTS) is 1. The van der Waals surface area contributed by atoms with Crippen LogP contribution in [0.1, 0.15) is 6.42 Å². The van der Waals surface area contributed by atoms with E-state index in [0.717, 1.165) is 0 Å². The number of halogens is 2. The molecule has 0 aliphatic heterocycles. The first-order chi connectivity index (χ1) is 16.3. The number of fused-ring (bicyclic) bond motifs is 1. The molecule has 3 rings (SSSR count). The zero-order valence-electron chi connectivity index (χ0n) is 18.5. The van der Waals surface area contributed by atoms with E-state index >= 15 is 0 Å². The van der Waals surface area contributed by atoms with Crippen molar-refractivity contribution in [1.29, 1.82) is 0 Å². The number of carbonyl (C=O) groups excluding carboxylic acids is 1. The van der Waals surface area contributed by atoms with Gasteiger partial charge in [0.05, 0.1) is 29.8 Å². The molecule has 178 valence electrons. The summed E-state index contributed by atoms with van der Waals surface area (Å²) in [6.45, 7) is 0.784. The number of nitrogens with zero attached hydrogens (tertiary/aromatic N) is 3. The van der Waals surface area contributed by atoms with Crippen molar-refractivity contribution in [3.05, 3.63) is 59.7 Å². The monoisotopic (exact) mass is 487 g/mol. The Kier molecular flexibility index (Phi) is 8.34. The van der Waals surface area contributed by atoms with Crippen LogP contribution in [-0.2, 0) is 9.59 Å². The van der Waals surface area contributed by atoms with E-state index in [1.807, 2.05) is 0 Å². The molecule has 9 nitrogen and oxygen atoms in total. The van der Waals surface area contributed by atoms with Crippen LogP contribution in [0.15, 0.2) is 48.8 Å². The summed E-state index contributed by atoms with van der Waals surface area (Å²) >= 11 is 5.87. The summed E-state index contributed by atoms with van der Waals surface area (Å²) < 4.78 is 18.9. The number of methoxy groups -OCH3 is 1. The normalized spacial score (nSPS) is 11.2. The molecule has 1 aromatic heterocycles. The minimum atomic E-state index is -0.877. The first kappa shape index (κ1) is 24.9. The molecule has 1 heterocycles. The number of anilines is 3. The molecule has 11 heteroatoms. The highest BCUT2D eigenvalue weighted by Gasteiger charge is 2.13. The van der Waals surface area contributed by atoms with Crippen LogP contribution in [0.5, 0.6) is 5.75 Å². The van der Waals surface area contributed by atoms with E-state index in [1.54, 1.807) is 30.2 Å². The Morgan fingerprint density at radius 3 is 2.76 bits per heavy atom. The molecule has 3 N–H and O–H groups in total. The SMILES string of the molecule is COc1cc2ncnc(Nc3ccc(F)c(Cl)c3)c2cc1NC(=O)/C=C/CN(C)CCC(=O)O. The fourth-order valence-electron chi connectivity index (χ4n) is 3.05. The highest BCUT2D eigenvalue weighted by molar-refractivity contribution is 6.31. The minimum Gasteiger partial charge on any atom is -0.494 e. The number of nitrogens with one attached hydrogen (secondary N) is 2. The van der Waals surface area contributed by atoms with Crippen molar-refractivity contribution >= 4 is 51.6 Å². The van der Waals surface area contributed by atoms with Crippen LogP contribution in [0.3, 0.4) is 0 Å². The molecule has 0 aliphatic rings. The summed E-state index contributed by atoms with van der Waals surface area (Å²) in [5.41, 5.74) is 1.50. The quantitative estimate of drug-likeness (QED) is 0.366. The Morgan fingerprint density at radius 1 is 1.26 bits per heavy atom. The van der Waals surface area contributed by atoms with Crippen molar-refractivity contribution in [3.8, 4) is 5.75 Å². The molecule has 34 heavy (non-hydrogen) atoms. The number of benzene rings is 2. The van der Waals surface area contributed by atoms with Crippen LogP contribution in [0, 0.1) is 5.82 Å². The molecular formula is C23H23ClFN5O4. The fraction of sp³-hybridized carbons (Fsp3) is 0.217. The summed E-state index contributed by atoms with van der Waals surface area (Å²) in [5.74, 6) is -0.961. The zero-order chi connectivity index (χ0) is 24.7. The van der Waals surface area contributed by atoms with Gasteiger partial charge in [-0.25, -0.2) is 14.4 Å². The molecule has 3 aromatic rings. The molecule has 0 fully saturated rings. The predicted molar refractivity (Wildman–Crippen MR) is 128 cm³/mol. The number of amides is 1. The van der Waals surface area contributed by atoms with Gasteiger partial charge in [-0.1, -0.05) is 17.7 Å². The molecular weight excluding hydrogens is 465 g/mol. The number of aromatic nitrogens is 2. The number of carbonyl (C=O) groups is 2. The van der Waals surface area contributed by atoms with E-state index in [4.69, 9.17) is 21.4 Å². The molecule has 0 bridgehead atoms. The van der Waals surface area contributed by atoms with Crippen molar-refractivity contribution in [2.45, 2.75) is 6.42 Å². The highest BCUT2D eigenvalue weighted by atomic mass is 35.5. The van der Waals surface area contributed by atoms with Crippen molar-refractivity contribution in [2.24, 2.45) is 0 Å². The van der Waals surface area contributed by atoms with Crippen LogP contribution < -0.4 is 15.4 Å². The second-order valence-electron chi connectivity index (χ2n) is 7.34. The van der Waals surface area contributed by atoms with Gasteiger partial charge in [0.25, 0.3) is 0 Å².